The molecule has 1 aliphatic rings. The number of hydrogen-bond acceptors (Lipinski definition) is 4. The lowest BCUT2D eigenvalue weighted by Gasteiger charge is -2.25. The van der Waals surface area contributed by atoms with Crippen LogP contribution in [0.15, 0.2) is 41.0 Å². The quantitative estimate of drug-likeness (QED) is 0.135. The summed E-state index contributed by atoms with van der Waals surface area (Å²) in [6.45, 7) is 1.89. The number of aromatic nitrogens is 2. The van der Waals surface area contributed by atoms with E-state index in [2.05, 4.69) is 20.5 Å². The Labute approximate surface area is 207 Å². The van der Waals surface area contributed by atoms with Gasteiger partial charge < -0.3 is 5.32 Å². The number of aliphatic imine (C=N–C) groups is 1. The number of ketones is 1. The molecule has 0 bridgehead atoms. The molecule has 1 fully saturated rings. The zero-order chi connectivity index (χ0) is 26.7. The Morgan fingerprint density at radius 3 is 2.47 bits per heavy atom. The van der Waals surface area contributed by atoms with Crippen LogP contribution in [-0.4, -0.2) is 40.1 Å². The number of piperidine rings is 1. The molecule has 0 radical (unpaired) electrons. The first-order valence-corrected chi connectivity index (χ1v) is 11.3. The Morgan fingerprint density at radius 2 is 1.89 bits per heavy atom. The summed E-state index contributed by atoms with van der Waals surface area (Å²) in [4.78, 5) is 17.1. The summed E-state index contributed by atoms with van der Waals surface area (Å²) in [6, 6.07) is 2.61. The molecule has 13 heteroatoms. The highest BCUT2D eigenvalue weighted by Gasteiger charge is 2.38. The third-order valence-corrected chi connectivity index (χ3v) is 5.93. The molecule has 3 rings (SSSR count). The van der Waals surface area contributed by atoms with E-state index in [1.54, 1.807) is 0 Å². The van der Waals surface area contributed by atoms with Gasteiger partial charge in [0.15, 0.2) is 5.78 Å². The fraction of sp³-hybridized carbons (Fsp3) is 0.391. The second kappa shape index (κ2) is 11.0. The largest absolute Gasteiger partial charge is 0.420 e. The summed E-state index contributed by atoms with van der Waals surface area (Å²) < 4.78 is 80.8. The molecule has 1 unspecified atom stereocenters. The first-order chi connectivity index (χ1) is 16.8. The molecule has 1 atom stereocenters. The fourth-order valence-electron chi connectivity index (χ4n) is 3.90. The van der Waals surface area contributed by atoms with Crippen molar-refractivity contribution in [2.75, 3.05) is 6.54 Å². The van der Waals surface area contributed by atoms with Gasteiger partial charge in [0, 0.05) is 11.6 Å². The number of allylic oxidation sites excluding steroid dienone is 1. The predicted molar refractivity (Wildman–Crippen MR) is 123 cm³/mol. The molecule has 0 amide bonds. The van der Waals surface area contributed by atoms with E-state index in [1.165, 1.54) is 6.92 Å². The lowest BCUT2D eigenvalue weighted by molar-refractivity contribution is -0.138. The van der Waals surface area contributed by atoms with Crippen molar-refractivity contribution in [2.45, 2.75) is 51.0 Å². The van der Waals surface area contributed by atoms with Crippen molar-refractivity contribution in [1.29, 1.82) is 5.41 Å². The van der Waals surface area contributed by atoms with Crippen molar-refractivity contribution in [3.63, 3.8) is 0 Å². The summed E-state index contributed by atoms with van der Waals surface area (Å²) in [5.41, 5.74) is -3.75. The van der Waals surface area contributed by atoms with Crippen LogP contribution in [0.3, 0.4) is 0 Å². The fourth-order valence-corrected chi connectivity index (χ4v) is 4.23. The normalized spacial score (nSPS) is 17.8. The van der Waals surface area contributed by atoms with E-state index < -0.39 is 45.5 Å². The van der Waals surface area contributed by atoms with Gasteiger partial charge in [-0.3, -0.25) is 15.3 Å². The highest BCUT2D eigenvalue weighted by atomic mass is 35.5. The summed E-state index contributed by atoms with van der Waals surface area (Å²) in [7, 11) is 0. The van der Waals surface area contributed by atoms with Crippen molar-refractivity contribution in [3.8, 4) is 0 Å². The molecule has 0 aliphatic carbocycles. The number of aromatic amines is 1. The number of halogens is 7. The molecule has 2 aromatic rings. The average molecular weight is 534 g/mol. The van der Waals surface area contributed by atoms with Crippen LogP contribution in [0.1, 0.15) is 59.8 Å². The molecule has 6 nitrogen and oxygen atoms in total. The molecule has 1 aliphatic heterocycles. The Hall–Kier alpha value is -2.99. The summed E-state index contributed by atoms with van der Waals surface area (Å²) in [5.74, 6) is -1.29. The average Bonchev–Trinajstić information content (AvgIpc) is 3.27. The SMILES string of the molecule is CC(=N)N=C(/C(=C/C(=O)c1cccc(C(F)(F)F)c1Cl)CC1CCCCN1)c1[nH]ncc1C(F)(F)F. The van der Waals surface area contributed by atoms with Crippen LogP contribution in [0.4, 0.5) is 26.3 Å². The molecule has 3 N–H and O–H groups in total. The third-order valence-electron chi connectivity index (χ3n) is 5.52. The zero-order valence-corrected chi connectivity index (χ0v) is 19.7. The van der Waals surface area contributed by atoms with Crippen LogP contribution < -0.4 is 5.32 Å². The van der Waals surface area contributed by atoms with E-state index in [1.807, 2.05) is 0 Å². The van der Waals surface area contributed by atoms with E-state index in [9.17, 15) is 31.1 Å². The molecular weight excluding hydrogens is 512 g/mol. The van der Waals surface area contributed by atoms with Gasteiger partial charge in [0.2, 0.25) is 0 Å². The summed E-state index contributed by atoms with van der Waals surface area (Å²) >= 11 is 5.90. The van der Waals surface area contributed by atoms with Gasteiger partial charge in [0.1, 0.15) is 11.4 Å². The molecule has 1 aromatic heterocycles. The van der Waals surface area contributed by atoms with Crippen LogP contribution >= 0.6 is 11.6 Å². The molecule has 1 aromatic carbocycles. The first kappa shape index (κ1) is 27.6. The second-order valence-corrected chi connectivity index (χ2v) is 8.63. The van der Waals surface area contributed by atoms with E-state index in [4.69, 9.17) is 17.0 Å². The monoisotopic (exact) mass is 533 g/mol. The lowest BCUT2D eigenvalue weighted by atomic mass is 9.91. The second-order valence-electron chi connectivity index (χ2n) is 8.25. The van der Waals surface area contributed by atoms with Gasteiger partial charge in [0.25, 0.3) is 0 Å². The topological polar surface area (TPSA) is 94.0 Å². The van der Waals surface area contributed by atoms with E-state index >= 15 is 0 Å². The molecule has 2 heterocycles. The summed E-state index contributed by atoms with van der Waals surface area (Å²) in [5, 5.41) is 15.9. The van der Waals surface area contributed by atoms with Crippen molar-refractivity contribution < 1.29 is 31.1 Å². The minimum Gasteiger partial charge on any atom is -0.314 e. The van der Waals surface area contributed by atoms with E-state index in [-0.39, 0.29) is 29.6 Å². The molecule has 0 saturated carbocycles. The van der Waals surface area contributed by atoms with Gasteiger partial charge in [0.05, 0.1) is 28.2 Å². The standard InChI is InChI=1S/C23H22ClF6N5O/c1-12(31)34-20(21-17(11-33-35-21)23(28,29)30)13(9-14-5-2-3-8-32-14)10-18(36)15-6-4-7-16(19(15)24)22(25,26)27/h4,6-7,10-11,14,31-32H,2-3,5,8-9H2,1H3,(H,33,35)/b13-10+,31-12?,34-20?. The summed E-state index contributed by atoms with van der Waals surface area (Å²) in [6.07, 6.45) is -5.71. The number of rotatable bonds is 6. The number of benzene rings is 1. The van der Waals surface area contributed by atoms with E-state index in [0.29, 0.717) is 19.2 Å². The van der Waals surface area contributed by atoms with Gasteiger partial charge in [-0.05, 0) is 56.5 Å². The maximum Gasteiger partial charge on any atom is 0.420 e. The minimum atomic E-state index is -4.82. The number of nitrogens with zero attached hydrogens (tertiary/aromatic N) is 2. The van der Waals surface area contributed by atoms with Gasteiger partial charge in [-0.15, -0.1) is 0 Å². The number of alkyl halides is 6. The molecule has 36 heavy (non-hydrogen) atoms. The Morgan fingerprint density at radius 1 is 1.19 bits per heavy atom. The number of carbonyl (C=O) groups excluding carboxylic acids is 1. The molecular formula is C23H22ClF6N5O. The molecule has 194 valence electrons. The number of hydrogen-bond donors (Lipinski definition) is 3. The van der Waals surface area contributed by atoms with Crippen molar-refractivity contribution >= 4 is 28.9 Å². The minimum absolute atomic E-state index is 0.00534. The van der Waals surface area contributed by atoms with Gasteiger partial charge in [-0.25, -0.2) is 4.99 Å². The Balaban J connectivity index is 2.16. The van der Waals surface area contributed by atoms with Crippen LogP contribution in [-0.2, 0) is 12.4 Å². The van der Waals surface area contributed by atoms with Gasteiger partial charge in [-0.2, -0.15) is 31.4 Å². The van der Waals surface area contributed by atoms with Crippen LogP contribution in [0.25, 0.3) is 0 Å². The number of carbonyl (C=O) groups is 1. The maximum atomic E-state index is 13.6. The van der Waals surface area contributed by atoms with Crippen molar-refractivity contribution in [1.82, 2.24) is 15.5 Å². The smallest absolute Gasteiger partial charge is 0.314 e. The first-order valence-electron chi connectivity index (χ1n) is 10.9. The number of H-pyrrole nitrogens is 1. The third kappa shape index (κ3) is 6.61. The van der Waals surface area contributed by atoms with E-state index in [0.717, 1.165) is 37.1 Å². The molecule has 1 saturated heterocycles. The number of nitrogens with one attached hydrogen (secondary N) is 3. The Bertz CT molecular complexity index is 1190. The van der Waals surface area contributed by atoms with Gasteiger partial charge in [-0.1, -0.05) is 24.1 Å². The van der Waals surface area contributed by atoms with Crippen molar-refractivity contribution in [3.05, 3.63) is 63.5 Å². The number of amidine groups is 1. The predicted octanol–water partition coefficient (Wildman–Crippen LogP) is 6.23. The van der Waals surface area contributed by atoms with Crippen LogP contribution in [0.5, 0.6) is 0 Å². The zero-order valence-electron chi connectivity index (χ0n) is 18.9. The Kier molecular flexibility index (Phi) is 8.40. The maximum absolute atomic E-state index is 13.6. The van der Waals surface area contributed by atoms with Crippen LogP contribution in [0.2, 0.25) is 5.02 Å². The highest BCUT2D eigenvalue weighted by molar-refractivity contribution is 6.35. The van der Waals surface area contributed by atoms with Crippen LogP contribution in [0, 0.1) is 5.41 Å². The van der Waals surface area contributed by atoms with Gasteiger partial charge >= 0.3 is 12.4 Å². The highest BCUT2D eigenvalue weighted by Crippen LogP contribution is 2.37. The lowest BCUT2D eigenvalue weighted by Crippen LogP contribution is -2.35. The van der Waals surface area contributed by atoms with Crippen molar-refractivity contribution in [2.24, 2.45) is 4.99 Å². The molecule has 0 spiro atoms.